The van der Waals surface area contributed by atoms with Crippen LogP contribution in [0.1, 0.15) is 0 Å². The molecule has 0 radical (unpaired) electrons. The zero-order valence-electron chi connectivity index (χ0n) is 4.04. The monoisotopic (exact) mass is 199 g/mol. The third kappa shape index (κ3) is 6.13. The lowest BCUT2D eigenvalue weighted by atomic mass is 10.8. The number of sulfonamides is 1. The Morgan fingerprint density at radius 1 is 1.62 bits per heavy atom. The van der Waals surface area contributed by atoms with E-state index in [-0.39, 0.29) is 5.75 Å². The van der Waals surface area contributed by atoms with Crippen molar-refractivity contribution in [2.24, 2.45) is 5.14 Å². The second-order valence-electron chi connectivity index (χ2n) is 1.19. The molecule has 2 N–H and O–H groups in total. The molecule has 0 aliphatic heterocycles. The highest BCUT2D eigenvalue weighted by atomic mass is 79.9. The Kier molecular flexibility index (Phi) is 3.27. The van der Waals surface area contributed by atoms with E-state index in [1.165, 1.54) is 11.1 Å². The summed E-state index contributed by atoms with van der Waals surface area (Å²) in [5, 5.41) is 4.62. The molecule has 0 unspecified atom stereocenters. The average molecular weight is 200 g/mol. The molecular formula is C3H6BrNO2S. The molecule has 0 aromatic rings. The highest BCUT2D eigenvalue weighted by molar-refractivity contribution is 9.11. The Morgan fingerprint density at radius 2 is 2.12 bits per heavy atom. The van der Waals surface area contributed by atoms with E-state index in [4.69, 9.17) is 0 Å². The van der Waals surface area contributed by atoms with Crippen LogP contribution in [-0.4, -0.2) is 14.2 Å². The van der Waals surface area contributed by atoms with Crippen LogP contribution in [0, 0.1) is 0 Å². The lowest BCUT2D eigenvalue weighted by molar-refractivity contribution is 0.600. The van der Waals surface area contributed by atoms with Crippen LogP contribution in [0.15, 0.2) is 11.1 Å². The van der Waals surface area contributed by atoms with Crippen LogP contribution < -0.4 is 5.14 Å². The third-order valence-corrected chi connectivity index (χ3v) is 1.45. The second kappa shape index (κ2) is 3.21. The molecule has 0 aromatic heterocycles. The van der Waals surface area contributed by atoms with Gasteiger partial charge in [-0.3, -0.25) is 0 Å². The molecule has 0 fully saturated rings. The van der Waals surface area contributed by atoms with Crippen LogP contribution in [0.2, 0.25) is 0 Å². The van der Waals surface area contributed by atoms with Gasteiger partial charge in [-0.1, -0.05) is 22.0 Å². The van der Waals surface area contributed by atoms with E-state index < -0.39 is 10.0 Å². The number of rotatable bonds is 2. The summed E-state index contributed by atoms with van der Waals surface area (Å²) in [6, 6.07) is 0. The lowest BCUT2D eigenvalue weighted by Crippen LogP contribution is -2.14. The molecule has 0 atom stereocenters. The van der Waals surface area contributed by atoms with Crippen LogP contribution in [0.5, 0.6) is 0 Å². The van der Waals surface area contributed by atoms with Gasteiger partial charge in [0.05, 0.1) is 5.75 Å². The zero-order chi connectivity index (χ0) is 6.62. The molecule has 0 heterocycles. The largest absolute Gasteiger partial charge is 0.228 e. The molecule has 0 bridgehead atoms. The summed E-state index contributed by atoms with van der Waals surface area (Å²) >= 11 is 2.90. The first-order chi connectivity index (χ1) is 3.56. The van der Waals surface area contributed by atoms with Gasteiger partial charge in [0.25, 0.3) is 0 Å². The van der Waals surface area contributed by atoms with Gasteiger partial charge in [-0.2, -0.15) is 0 Å². The van der Waals surface area contributed by atoms with Crippen molar-refractivity contribution in [3.05, 3.63) is 11.1 Å². The van der Waals surface area contributed by atoms with Crippen LogP contribution in [0.25, 0.3) is 0 Å². The summed E-state index contributed by atoms with van der Waals surface area (Å²) in [6.45, 7) is 0. The summed E-state index contributed by atoms with van der Waals surface area (Å²) < 4.78 is 20.2. The van der Waals surface area contributed by atoms with Gasteiger partial charge in [0, 0.05) is 0 Å². The normalized spacial score (nSPS) is 12.8. The Bertz CT molecular complexity index is 172. The molecule has 5 heteroatoms. The number of nitrogens with two attached hydrogens (primary N) is 1. The first kappa shape index (κ1) is 8.13. The molecule has 0 aromatic carbocycles. The van der Waals surface area contributed by atoms with Crippen molar-refractivity contribution in [3.63, 3.8) is 0 Å². The highest BCUT2D eigenvalue weighted by Crippen LogP contribution is 1.84. The van der Waals surface area contributed by atoms with E-state index in [1.54, 1.807) is 0 Å². The van der Waals surface area contributed by atoms with E-state index in [0.29, 0.717) is 0 Å². The van der Waals surface area contributed by atoms with E-state index >= 15 is 0 Å². The first-order valence-electron chi connectivity index (χ1n) is 1.82. The summed E-state index contributed by atoms with van der Waals surface area (Å²) in [4.78, 5) is 1.46. The van der Waals surface area contributed by atoms with Crippen molar-refractivity contribution in [2.45, 2.75) is 0 Å². The van der Waals surface area contributed by atoms with Gasteiger partial charge >= 0.3 is 0 Å². The fraction of sp³-hybridized carbons (Fsp3) is 0.333. The van der Waals surface area contributed by atoms with Crippen LogP contribution in [0.3, 0.4) is 0 Å². The Balaban J connectivity index is 3.76. The molecule has 3 nitrogen and oxygen atoms in total. The third-order valence-electron chi connectivity index (χ3n) is 0.418. The average Bonchev–Trinajstić information content (AvgIpc) is 1.59. The maximum Gasteiger partial charge on any atom is 0.212 e. The van der Waals surface area contributed by atoms with Crippen molar-refractivity contribution in [1.82, 2.24) is 0 Å². The van der Waals surface area contributed by atoms with Gasteiger partial charge in [0.2, 0.25) is 10.0 Å². The Morgan fingerprint density at radius 3 is 2.25 bits per heavy atom. The molecule has 0 aliphatic rings. The minimum Gasteiger partial charge on any atom is -0.228 e. The number of hydrogen-bond acceptors (Lipinski definition) is 2. The molecular weight excluding hydrogens is 194 g/mol. The van der Waals surface area contributed by atoms with Crippen molar-refractivity contribution in [1.29, 1.82) is 0 Å². The Labute approximate surface area is 56.7 Å². The quantitative estimate of drug-likeness (QED) is 0.691. The number of hydrogen-bond donors (Lipinski definition) is 1. The summed E-state index contributed by atoms with van der Waals surface area (Å²) in [7, 11) is -3.30. The van der Waals surface area contributed by atoms with E-state index in [0.717, 1.165) is 0 Å². The fourth-order valence-corrected chi connectivity index (χ4v) is 0.969. The standard InChI is InChI=1S/C3H6BrNO2S/c4-2-1-3-8(5,6)7/h1-2H,3H2,(H2,5,6,7)/b2-1-. The van der Waals surface area contributed by atoms with E-state index in [9.17, 15) is 8.42 Å². The molecule has 0 spiro atoms. The van der Waals surface area contributed by atoms with Gasteiger partial charge < -0.3 is 0 Å². The van der Waals surface area contributed by atoms with Crippen molar-refractivity contribution < 1.29 is 8.42 Å². The van der Waals surface area contributed by atoms with Gasteiger partial charge in [-0.15, -0.1) is 0 Å². The molecule has 0 aliphatic carbocycles. The molecule has 48 valence electrons. The zero-order valence-corrected chi connectivity index (χ0v) is 6.44. The second-order valence-corrected chi connectivity index (χ2v) is 3.38. The molecule has 8 heavy (non-hydrogen) atoms. The van der Waals surface area contributed by atoms with Crippen LogP contribution >= 0.6 is 15.9 Å². The highest BCUT2D eigenvalue weighted by Gasteiger charge is 1.94. The summed E-state index contributed by atoms with van der Waals surface area (Å²) in [5.41, 5.74) is 0. The lowest BCUT2D eigenvalue weighted by Gasteiger charge is -1.84. The van der Waals surface area contributed by atoms with E-state index in [1.807, 2.05) is 0 Å². The topological polar surface area (TPSA) is 60.2 Å². The Hall–Kier alpha value is 0.130. The maximum atomic E-state index is 10.1. The molecule has 0 saturated carbocycles. The van der Waals surface area contributed by atoms with E-state index in [2.05, 4.69) is 21.1 Å². The van der Waals surface area contributed by atoms with Crippen molar-refractivity contribution in [2.75, 3.05) is 5.75 Å². The smallest absolute Gasteiger partial charge is 0.212 e. The van der Waals surface area contributed by atoms with Crippen LogP contribution in [-0.2, 0) is 10.0 Å². The van der Waals surface area contributed by atoms with Crippen molar-refractivity contribution in [3.8, 4) is 0 Å². The number of halogens is 1. The number of primary sulfonamides is 1. The summed E-state index contributed by atoms with van der Waals surface area (Å²) in [5.74, 6) is -0.113. The molecule has 0 rings (SSSR count). The molecule has 0 amide bonds. The maximum absolute atomic E-state index is 10.1. The SMILES string of the molecule is NS(=O)(=O)C/C=C\Br. The minimum absolute atomic E-state index is 0.113. The predicted octanol–water partition coefficient (Wildman–Crippen LogP) is 0.184. The van der Waals surface area contributed by atoms with Gasteiger partial charge in [-0.05, 0) is 4.99 Å². The van der Waals surface area contributed by atoms with Crippen LogP contribution in [0.4, 0.5) is 0 Å². The van der Waals surface area contributed by atoms with Gasteiger partial charge in [0.15, 0.2) is 0 Å². The summed E-state index contributed by atoms with van der Waals surface area (Å²) in [6.07, 6.45) is 1.41. The molecule has 0 saturated heterocycles. The van der Waals surface area contributed by atoms with Crippen molar-refractivity contribution >= 4 is 26.0 Å². The van der Waals surface area contributed by atoms with Gasteiger partial charge in [-0.25, -0.2) is 13.6 Å². The minimum atomic E-state index is -3.30. The predicted molar refractivity (Wildman–Crippen MR) is 36.0 cm³/mol. The first-order valence-corrected chi connectivity index (χ1v) is 4.45. The van der Waals surface area contributed by atoms with Gasteiger partial charge in [0.1, 0.15) is 0 Å². The fourth-order valence-electron chi connectivity index (χ4n) is 0.170.